The van der Waals surface area contributed by atoms with Gasteiger partial charge in [-0.05, 0) is 26.8 Å². The Morgan fingerprint density at radius 2 is 2.08 bits per heavy atom. The summed E-state index contributed by atoms with van der Waals surface area (Å²) in [6.45, 7) is 5.63. The number of ether oxygens (including phenoxy) is 1. The van der Waals surface area contributed by atoms with Crippen molar-refractivity contribution in [2.45, 2.75) is 26.3 Å². The average Bonchev–Trinajstić information content (AvgIpc) is 3.25. The number of carbonyl (C=O) groups excluding carboxylic acids is 1. The van der Waals surface area contributed by atoms with Crippen molar-refractivity contribution < 1.29 is 9.53 Å². The highest BCUT2D eigenvalue weighted by Gasteiger charge is 2.32. The van der Waals surface area contributed by atoms with E-state index in [4.69, 9.17) is 4.74 Å². The van der Waals surface area contributed by atoms with Crippen LogP contribution >= 0.6 is 0 Å². The Morgan fingerprint density at radius 3 is 2.77 bits per heavy atom. The second-order valence-corrected chi connectivity index (χ2v) is 6.25. The minimum Gasteiger partial charge on any atom is -0.464 e. The van der Waals surface area contributed by atoms with Crippen molar-refractivity contribution in [3.8, 4) is 11.3 Å². The molecule has 3 aromatic rings. The van der Waals surface area contributed by atoms with Crippen molar-refractivity contribution in [2.75, 3.05) is 11.9 Å². The normalized spacial score (nSPS) is 11.4. The first-order chi connectivity index (χ1) is 12.4. The van der Waals surface area contributed by atoms with Gasteiger partial charge in [0.15, 0.2) is 5.54 Å². The van der Waals surface area contributed by atoms with E-state index in [1.807, 2.05) is 13.2 Å². The number of hydrogen-bond acceptors (Lipinski definition) is 7. The summed E-state index contributed by atoms with van der Waals surface area (Å²) >= 11 is 0. The van der Waals surface area contributed by atoms with Crippen LogP contribution in [0.1, 0.15) is 20.8 Å². The number of nitrogens with one attached hydrogen (secondary N) is 1. The van der Waals surface area contributed by atoms with E-state index in [1.54, 1.807) is 61.0 Å². The number of aromatic nitrogens is 6. The zero-order chi connectivity index (χ0) is 18.7. The van der Waals surface area contributed by atoms with E-state index in [0.29, 0.717) is 18.2 Å². The van der Waals surface area contributed by atoms with Crippen molar-refractivity contribution in [3.63, 3.8) is 0 Å². The lowest BCUT2D eigenvalue weighted by atomic mass is 10.1. The zero-order valence-corrected chi connectivity index (χ0v) is 15.2. The summed E-state index contributed by atoms with van der Waals surface area (Å²) in [4.78, 5) is 20.9. The molecule has 0 bridgehead atoms. The molecule has 0 aliphatic rings. The number of aryl methyl sites for hydroxylation is 1. The third kappa shape index (κ3) is 3.56. The highest BCUT2D eigenvalue weighted by atomic mass is 16.5. The molecule has 0 unspecified atom stereocenters. The topological polar surface area (TPSA) is 99.8 Å². The van der Waals surface area contributed by atoms with Crippen LogP contribution in [0.4, 0.5) is 11.6 Å². The standard InChI is InChI=1S/C17H21N7O2/c1-5-26-15(25)17(2,3)24-10-12(8-20-24)14-6-7-18-16(22-14)21-13-9-19-23(4)11-13/h6-11H,5H2,1-4H3,(H,18,21,22). The summed E-state index contributed by atoms with van der Waals surface area (Å²) in [7, 11) is 1.84. The molecule has 3 aromatic heterocycles. The molecule has 0 aromatic carbocycles. The summed E-state index contributed by atoms with van der Waals surface area (Å²) in [6, 6.07) is 1.78. The lowest BCUT2D eigenvalue weighted by Crippen LogP contribution is -2.37. The van der Waals surface area contributed by atoms with E-state index in [1.165, 1.54) is 0 Å². The predicted octanol–water partition coefficient (Wildman–Crippen LogP) is 2.12. The van der Waals surface area contributed by atoms with Gasteiger partial charge in [-0.3, -0.25) is 9.36 Å². The van der Waals surface area contributed by atoms with E-state index in [9.17, 15) is 4.79 Å². The summed E-state index contributed by atoms with van der Waals surface area (Å²) in [6.07, 6.45) is 8.62. The Hall–Kier alpha value is -3.23. The monoisotopic (exact) mass is 355 g/mol. The van der Waals surface area contributed by atoms with Crippen LogP contribution in [0.3, 0.4) is 0 Å². The van der Waals surface area contributed by atoms with E-state index in [2.05, 4.69) is 25.5 Å². The van der Waals surface area contributed by atoms with Gasteiger partial charge < -0.3 is 10.1 Å². The van der Waals surface area contributed by atoms with E-state index >= 15 is 0 Å². The number of rotatable bonds is 6. The lowest BCUT2D eigenvalue weighted by Gasteiger charge is -2.22. The van der Waals surface area contributed by atoms with Crippen LogP contribution in [0, 0.1) is 0 Å². The van der Waals surface area contributed by atoms with Gasteiger partial charge in [0.05, 0.1) is 30.4 Å². The summed E-state index contributed by atoms with van der Waals surface area (Å²) in [5.41, 5.74) is 1.36. The van der Waals surface area contributed by atoms with Gasteiger partial charge in [0, 0.05) is 31.2 Å². The Balaban J connectivity index is 1.83. The van der Waals surface area contributed by atoms with Crippen LogP contribution in [0.2, 0.25) is 0 Å². The van der Waals surface area contributed by atoms with Crippen molar-refractivity contribution >= 4 is 17.6 Å². The van der Waals surface area contributed by atoms with Crippen molar-refractivity contribution in [1.29, 1.82) is 0 Å². The molecule has 0 saturated heterocycles. The minimum atomic E-state index is -0.905. The molecular weight excluding hydrogens is 334 g/mol. The van der Waals surface area contributed by atoms with E-state index < -0.39 is 5.54 Å². The van der Waals surface area contributed by atoms with Gasteiger partial charge >= 0.3 is 5.97 Å². The first kappa shape index (κ1) is 17.6. The molecule has 9 nitrogen and oxygen atoms in total. The lowest BCUT2D eigenvalue weighted by molar-refractivity contribution is -0.152. The maximum Gasteiger partial charge on any atom is 0.333 e. The molecule has 136 valence electrons. The Labute approximate surface area is 151 Å². The molecule has 3 rings (SSSR count). The van der Waals surface area contributed by atoms with Gasteiger partial charge in [-0.15, -0.1) is 0 Å². The van der Waals surface area contributed by atoms with Crippen LogP contribution in [-0.2, 0) is 22.1 Å². The average molecular weight is 355 g/mol. The number of esters is 1. The molecule has 9 heteroatoms. The smallest absolute Gasteiger partial charge is 0.333 e. The Kier molecular flexibility index (Phi) is 4.70. The van der Waals surface area contributed by atoms with Crippen molar-refractivity contribution in [2.24, 2.45) is 7.05 Å². The second-order valence-electron chi connectivity index (χ2n) is 6.25. The molecule has 1 N–H and O–H groups in total. The fourth-order valence-electron chi connectivity index (χ4n) is 2.36. The van der Waals surface area contributed by atoms with E-state index in [0.717, 1.165) is 11.3 Å². The van der Waals surface area contributed by atoms with Crippen LogP contribution in [0.25, 0.3) is 11.3 Å². The summed E-state index contributed by atoms with van der Waals surface area (Å²) < 4.78 is 8.39. The molecule has 0 spiro atoms. The SMILES string of the molecule is CCOC(=O)C(C)(C)n1cc(-c2ccnc(Nc3cnn(C)c3)n2)cn1. The number of carbonyl (C=O) groups is 1. The molecule has 0 fully saturated rings. The Bertz CT molecular complexity index is 913. The maximum atomic E-state index is 12.1. The number of hydrogen-bond donors (Lipinski definition) is 1. The van der Waals surface area contributed by atoms with E-state index in [-0.39, 0.29) is 5.97 Å². The molecule has 26 heavy (non-hydrogen) atoms. The largest absolute Gasteiger partial charge is 0.464 e. The minimum absolute atomic E-state index is 0.325. The second kappa shape index (κ2) is 6.95. The number of anilines is 2. The van der Waals surface area contributed by atoms with Gasteiger partial charge in [0.2, 0.25) is 5.95 Å². The van der Waals surface area contributed by atoms with Gasteiger partial charge in [0.25, 0.3) is 0 Å². The first-order valence-corrected chi connectivity index (χ1v) is 8.21. The van der Waals surface area contributed by atoms with Crippen LogP contribution in [0.15, 0.2) is 37.1 Å². The van der Waals surface area contributed by atoms with Crippen LogP contribution < -0.4 is 5.32 Å². The van der Waals surface area contributed by atoms with Crippen molar-refractivity contribution in [3.05, 3.63) is 37.1 Å². The summed E-state index contributed by atoms with van der Waals surface area (Å²) in [5, 5.41) is 11.5. The van der Waals surface area contributed by atoms with Gasteiger partial charge in [-0.25, -0.2) is 14.8 Å². The molecule has 0 aliphatic heterocycles. The maximum absolute atomic E-state index is 12.1. The predicted molar refractivity (Wildman–Crippen MR) is 95.7 cm³/mol. The summed E-state index contributed by atoms with van der Waals surface area (Å²) in [5.74, 6) is 0.115. The Morgan fingerprint density at radius 1 is 1.27 bits per heavy atom. The first-order valence-electron chi connectivity index (χ1n) is 8.21. The molecule has 0 aliphatic carbocycles. The fraction of sp³-hybridized carbons (Fsp3) is 0.353. The third-order valence-corrected chi connectivity index (χ3v) is 3.84. The van der Waals surface area contributed by atoms with Crippen LogP contribution in [0.5, 0.6) is 0 Å². The van der Waals surface area contributed by atoms with Gasteiger partial charge in [-0.2, -0.15) is 10.2 Å². The van der Waals surface area contributed by atoms with Crippen molar-refractivity contribution in [1.82, 2.24) is 29.5 Å². The molecule has 0 radical (unpaired) electrons. The molecule has 0 amide bonds. The van der Waals surface area contributed by atoms with Crippen LogP contribution in [-0.4, -0.2) is 42.1 Å². The van der Waals surface area contributed by atoms with Gasteiger partial charge in [0.1, 0.15) is 0 Å². The quantitative estimate of drug-likeness (QED) is 0.676. The third-order valence-electron chi connectivity index (χ3n) is 3.84. The highest BCUT2D eigenvalue weighted by molar-refractivity contribution is 5.78. The highest BCUT2D eigenvalue weighted by Crippen LogP contribution is 2.23. The molecular formula is C17H21N7O2. The molecule has 0 saturated carbocycles. The molecule has 3 heterocycles. The zero-order valence-electron chi connectivity index (χ0n) is 15.2. The van der Waals surface area contributed by atoms with Gasteiger partial charge in [-0.1, -0.05) is 0 Å². The number of nitrogens with zero attached hydrogens (tertiary/aromatic N) is 6. The fourth-order valence-corrected chi connectivity index (χ4v) is 2.36. The molecule has 0 atom stereocenters.